The maximum Gasteiger partial charge on any atom is 0.154 e. The molecule has 0 amide bonds. The van der Waals surface area contributed by atoms with E-state index in [4.69, 9.17) is 0 Å². The van der Waals surface area contributed by atoms with Gasteiger partial charge in [-0.3, -0.25) is 4.79 Å². The summed E-state index contributed by atoms with van der Waals surface area (Å²) >= 11 is 3.40. The number of hydrogen-bond donors (Lipinski definition) is 1. The van der Waals surface area contributed by atoms with E-state index in [0.717, 1.165) is 23.0 Å². The van der Waals surface area contributed by atoms with E-state index in [1.165, 1.54) is 19.3 Å². The Bertz CT molecular complexity index is 366. The van der Waals surface area contributed by atoms with Gasteiger partial charge >= 0.3 is 0 Å². The quantitative estimate of drug-likeness (QED) is 0.928. The normalized spacial score (nSPS) is 20.9. The topological polar surface area (TPSA) is 29.1 Å². The number of carbonyl (C=O) groups is 1. The van der Waals surface area contributed by atoms with Crippen LogP contribution in [0, 0.1) is 0 Å². The summed E-state index contributed by atoms with van der Waals surface area (Å²) < 4.78 is 1.06. The fourth-order valence-electron chi connectivity index (χ4n) is 2.23. The Balaban J connectivity index is 1.93. The molecule has 2 nitrogen and oxygen atoms in total. The largest absolute Gasteiger partial charge is 0.307 e. The molecular formula is C14H18BrNO. The zero-order valence-electron chi connectivity index (χ0n) is 9.92. The van der Waals surface area contributed by atoms with Gasteiger partial charge in [0.25, 0.3) is 0 Å². The molecule has 0 aromatic heterocycles. The monoisotopic (exact) mass is 295 g/mol. The molecule has 1 fully saturated rings. The minimum atomic E-state index is 0.0705. The van der Waals surface area contributed by atoms with Gasteiger partial charge in [-0.25, -0.2) is 0 Å². The first-order valence-corrected chi connectivity index (χ1v) is 7.05. The Kier molecular flexibility index (Phi) is 4.75. The number of rotatable bonds is 3. The van der Waals surface area contributed by atoms with Crippen molar-refractivity contribution >= 4 is 21.7 Å². The van der Waals surface area contributed by atoms with Crippen LogP contribution < -0.4 is 5.32 Å². The molecular weight excluding hydrogens is 278 g/mol. The first kappa shape index (κ1) is 12.8. The van der Waals surface area contributed by atoms with Crippen LogP contribution in [0.25, 0.3) is 0 Å². The van der Waals surface area contributed by atoms with Crippen LogP contribution in [0.3, 0.4) is 0 Å². The molecule has 0 spiro atoms. The van der Waals surface area contributed by atoms with E-state index >= 15 is 0 Å². The second kappa shape index (κ2) is 6.31. The van der Waals surface area contributed by atoms with Gasteiger partial charge in [0.15, 0.2) is 5.78 Å². The first-order chi connectivity index (χ1) is 8.25. The number of ketones is 1. The average molecular weight is 296 g/mol. The number of Topliss-reactive ketones (excluding diaryl/α,β-unsaturated/α-hetero) is 1. The van der Waals surface area contributed by atoms with Crippen LogP contribution in [-0.2, 0) is 11.2 Å². The van der Waals surface area contributed by atoms with Crippen LogP contribution in [0.1, 0.15) is 31.2 Å². The summed E-state index contributed by atoms with van der Waals surface area (Å²) in [5.74, 6) is 0.328. The second-order valence-electron chi connectivity index (χ2n) is 4.63. The molecule has 0 bridgehead atoms. The smallest absolute Gasteiger partial charge is 0.154 e. The number of halogens is 1. The molecule has 17 heavy (non-hydrogen) atoms. The van der Waals surface area contributed by atoms with Gasteiger partial charge in [-0.05, 0) is 37.1 Å². The first-order valence-electron chi connectivity index (χ1n) is 6.26. The van der Waals surface area contributed by atoms with E-state index in [2.05, 4.69) is 21.2 Å². The van der Waals surface area contributed by atoms with Crippen LogP contribution in [0.5, 0.6) is 0 Å². The van der Waals surface area contributed by atoms with E-state index < -0.39 is 0 Å². The van der Waals surface area contributed by atoms with Crippen molar-refractivity contribution in [1.82, 2.24) is 5.32 Å². The van der Waals surface area contributed by atoms with Gasteiger partial charge in [-0.2, -0.15) is 0 Å². The predicted octanol–water partition coefficient (Wildman–Crippen LogP) is 3.09. The average Bonchev–Trinajstić information content (AvgIpc) is 2.61. The maximum atomic E-state index is 12.1. The summed E-state index contributed by atoms with van der Waals surface area (Å²) in [7, 11) is 0. The zero-order chi connectivity index (χ0) is 12.1. The number of carbonyl (C=O) groups excluding carboxylic acids is 1. The van der Waals surface area contributed by atoms with Crippen molar-refractivity contribution in [3.05, 3.63) is 34.3 Å². The van der Waals surface area contributed by atoms with E-state index in [1.807, 2.05) is 24.3 Å². The molecule has 1 heterocycles. The molecule has 1 aliphatic rings. The molecule has 1 N–H and O–H groups in total. The predicted molar refractivity (Wildman–Crippen MR) is 73.1 cm³/mol. The second-order valence-corrected chi connectivity index (χ2v) is 5.54. The van der Waals surface area contributed by atoms with Crippen molar-refractivity contribution < 1.29 is 4.79 Å². The van der Waals surface area contributed by atoms with Crippen LogP contribution in [0.2, 0.25) is 0 Å². The zero-order valence-corrected chi connectivity index (χ0v) is 11.5. The fraction of sp³-hybridized carbons (Fsp3) is 0.500. The van der Waals surface area contributed by atoms with E-state index in [9.17, 15) is 4.79 Å². The highest BCUT2D eigenvalue weighted by atomic mass is 79.9. The fourth-order valence-corrected chi connectivity index (χ4v) is 2.49. The molecule has 1 aromatic carbocycles. The van der Waals surface area contributed by atoms with Gasteiger partial charge in [0.1, 0.15) is 0 Å². The van der Waals surface area contributed by atoms with Gasteiger partial charge in [0.2, 0.25) is 0 Å². The van der Waals surface area contributed by atoms with E-state index in [-0.39, 0.29) is 6.04 Å². The van der Waals surface area contributed by atoms with Gasteiger partial charge in [0.05, 0.1) is 6.04 Å². The van der Waals surface area contributed by atoms with Crippen molar-refractivity contribution in [2.75, 3.05) is 6.54 Å². The van der Waals surface area contributed by atoms with Crippen molar-refractivity contribution in [2.24, 2.45) is 0 Å². The van der Waals surface area contributed by atoms with Crippen molar-refractivity contribution in [3.8, 4) is 0 Å². The molecule has 0 saturated carbocycles. The number of benzene rings is 1. The SMILES string of the molecule is O=C(Cc1ccc(Br)cc1)C1CCCCCN1. The standard InChI is InChI=1S/C14H18BrNO/c15-12-7-5-11(6-8-12)10-14(17)13-4-2-1-3-9-16-13/h5-8,13,16H,1-4,9-10H2. The summed E-state index contributed by atoms with van der Waals surface area (Å²) in [5, 5.41) is 3.35. The number of hydrogen-bond acceptors (Lipinski definition) is 2. The third kappa shape index (κ3) is 3.93. The molecule has 3 heteroatoms. The van der Waals surface area contributed by atoms with Crippen LogP contribution >= 0.6 is 15.9 Å². The highest BCUT2D eigenvalue weighted by molar-refractivity contribution is 9.10. The Hall–Kier alpha value is -0.670. The Morgan fingerprint density at radius 2 is 2.00 bits per heavy atom. The molecule has 1 unspecified atom stereocenters. The molecule has 1 aromatic rings. The van der Waals surface area contributed by atoms with E-state index in [1.54, 1.807) is 0 Å². The third-order valence-corrected chi connectivity index (χ3v) is 3.77. The van der Waals surface area contributed by atoms with Gasteiger partial charge < -0.3 is 5.32 Å². The number of nitrogens with one attached hydrogen (secondary N) is 1. The Labute approximate surface area is 111 Å². The van der Waals surface area contributed by atoms with Crippen LogP contribution in [-0.4, -0.2) is 18.4 Å². The molecule has 92 valence electrons. The van der Waals surface area contributed by atoms with Crippen molar-refractivity contribution in [2.45, 2.75) is 38.1 Å². The van der Waals surface area contributed by atoms with Crippen LogP contribution in [0.4, 0.5) is 0 Å². The summed E-state index contributed by atoms with van der Waals surface area (Å²) in [5.41, 5.74) is 1.10. The minimum absolute atomic E-state index is 0.0705. The molecule has 1 saturated heterocycles. The Morgan fingerprint density at radius 1 is 1.24 bits per heavy atom. The van der Waals surface area contributed by atoms with Crippen LogP contribution in [0.15, 0.2) is 28.7 Å². The Morgan fingerprint density at radius 3 is 2.76 bits per heavy atom. The molecule has 1 atom stereocenters. The molecule has 0 radical (unpaired) electrons. The molecule has 2 rings (SSSR count). The third-order valence-electron chi connectivity index (χ3n) is 3.24. The van der Waals surface area contributed by atoms with Crippen molar-refractivity contribution in [3.63, 3.8) is 0 Å². The summed E-state index contributed by atoms with van der Waals surface area (Å²) in [6, 6.07) is 8.07. The lowest BCUT2D eigenvalue weighted by Gasteiger charge is -2.14. The highest BCUT2D eigenvalue weighted by Crippen LogP contribution is 2.14. The van der Waals surface area contributed by atoms with E-state index in [0.29, 0.717) is 12.2 Å². The van der Waals surface area contributed by atoms with Gasteiger partial charge in [-0.1, -0.05) is 40.9 Å². The van der Waals surface area contributed by atoms with Crippen molar-refractivity contribution in [1.29, 1.82) is 0 Å². The molecule has 0 aliphatic carbocycles. The van der Waals surface area contributed by atoms with Gasteiger partial charge in [-0.15, -0.1) is 0 Å². The molecule has 1 aliphatic heterocycles. The lowest BCUT2D eigenvalue weighted by atomic mass is 10.0. The lowest BCUT2D eigenvalue weighted by Crippen LogP contribution is -2.36. The lowest BCUT2D eigenvalue weighted by molar-refractivity contribution is -0.120. The summed E-state index contributed by atoms with van der Waals surface area (Å²) in [4.78, 5) is 12.1. The summed E-state index contributed by atoms with van der Waals surface area (Å²) in [6.07, 6.45) is 5.15. The maximum absolute atomic E-state index is 12.1. The minimum Gasteiger partial charge on any atom is -0.307 e. The summed E-state index contributed by atoms with van der Waals surface area (Å²) in [6.45, 7) is 0.983. The highest BCUT2D eigenvalue weighted by Gasteiger charge is 2.19. The van der Waals surface area contributed by atoms with Gasteiger partial charge in [0, 0.05) is 10.9 Å².